The maximum Gasteiger partial charge on any atom is 0.335 e. The van der Waals surface area contributed by atoms with Crippen molar-refractivity contribution >= 4 is 44.5 Å². The average Bonchev–Trinajstić information content (AvgIpc) is 2.74. The summed E-state index contributed by atoms with van der Waals surface area (Å²) in [5, 5.41) is 9.66. The van der Waals surface area contributed by atoms with Crippen LogP contribution in [0.3, 0.4) is 0 Å². The molecule has 3 rings (SSSR count). The van der Waals surface area contributed by atoms with E-state index in [0.29, 0.717) is 10.5 Å². The largest absolute Gasteiger partial charge is 0.478 e. The van der Waals surface area contributed by atoms with Crippen molar-refractivity contribution < 1.29 is 9.90 Å². The van der Waals surface area contributed by atoms with Gasteiger partial charge in [0, 0.05) is 22.1 Å². The lowest BCUT2D eigenvalue weighted by Gasteiger charge is -2.04. The van der Waals surface area contributed by atoms with Gasteiger partial charge in [0.05, 0.1) is 16.6 Å². The molecular formula is C15H10BrClN2O2. The predicted octanol–water partition coefficient (Wildman–Crippen LogP) is 4.35. The Hall–Kier alpha value is -1.85. The van der Waals surface area contributed by atoms with Crippen LogP contribution in [0.4, 0.5) is 0 Å². The minimum absolute atomic E-state index is 0.222. The molecule has 1 N–H and O–H groups in total. The summed E-state index contributed by atoms with van der Waals surface area (Å²) < 4.78 is 2.78. The highest BCUT2D eigenvalue weighted by molar-refractivity contribution is 9.10. The van der Waals surface area contributed by atoms with E-state index in [0.717, 1.165) is 21.4 Å². The van der Waals surface area contributed by atoms with Crippen molar-refractivity contribution in [2.24, 2.45) is 7.05 Å². The second kappa shape index (κ2) is 5.16. The molecule has 6 heteroatoms. The highest BCUT2D eigenvalue weighted by Crippen LogP contribution is 2.29. The van der Waals surface area contributed by atoms with E-state index >= 15 is 0 Å². The lowest BCUT2D eigenvalue weighted by molar-refractivity contribution is 0.0697. The average molecular weight is 366 g/mol. The molecule has 0 bridgehead atoms. The molecule has 1 aromatic heterocycles. The molecule has 2 aromatic carbocycles. The highest BCUT2D eigenvalue weighted by Gasteiger charge is 2.13. The van der Waals surface area contributed by atoms with Crippen LogP contribution in [0.1, 0.15) is 10.4 Å². The SMILES string of the molecule is Cn1c(-c2cc(Cl)cc(Br)c2)nc2cc(C(=O)O)ccc21. The van der Waals surface area contributed by atoms with Gasteiger partial charge in [-0.15, -0.1) is 0 Å². The second-order valence-electron chi connectivity index (χ2n) is 4.66. The first-order chi connectivity index (χ1) is 9.95. The molecule has 0 fully saturated rings. The standard InChI is InChI=1S/C15H10BrClN2O2/c1-19-13-3-2-8(15(20)21)6-12(13)18-14(19)9-4-10(16)7-11(17)5-9/h2-7H,1H3,(H,20,21). The van der Waals surface area contributed by atoms with Gasteiger partial charge < -0.3 is 9.67 Å². The lowest BCUT2D eigenvalue weighted by atomic mass is 10.2. The molecular weight excluding hydrogens is 356 g/mol. The number of hydrogen-bond donors (Lipinski definition) is 1. The summed E-state index contributed by atoms with van der Waals surface area (Å²) in [6.45, 7) is 0. The quantitative estimate of drug-likeness (QED) is 0.734. The Balaban J connectivity index is 2.23. The van der Waals surface area contributed by atoms with Crippen LogP contribution in [0.15, 0.2) is 40.9 Å². The highest BCUT2D eigenvalue weighted by atomic mass is 79.9. The molecule has 3 aromatic rings. The number of carboxylic acids is 1. The van der Waals surface area contributed by atoms with Gasteiger partial charge in [0.2, 0.25) is 0 Å². The van der Waals surface area contributed by atoms with Crippen molar-refractivity contribution in [3.63, 3.8) is 0 Å². The smallest absolute Gasteiger partial charge is 0.335 e. The summed E-state index contributed by atoms with van der Waals surface area (Å²) in [4.78, 5) is 15.6. The van der Waals surface area contributed by atoms with Gasteiger partial charge in [-0.1, -0.05) is 27.5 Å². The number of fused-ring (bicyclic) bond motifs is 1. The lowest BCUT2D eigenvalue weighted by Crippen LogP contribution is -1.95. The molecule has 0 aliphatic rings. The van der Waals surface area contributed by atoms with Crippen LogP contribution in [0.5, 0.6) is 0 Å². The van der Waals surface area contributed by atoms with Crippen LogP contribution >= 0.6 is 27.5 Å². The zero-order valence-electron chi connectivity index (χ0n) is 11.0. The topological polar surface area (TPSA) is 55.1 Å². The molecule has 0 amide bonds. The Kier molecular flexibility index (Phi) is 3.47. The molecule has 4 nitrogen and oxygen atoms in total. The summed E-state index contributed by atoms with van der Waals surface area (Å²) in [6, 6.07) is 10.5. The Morgan fingerprint density at radius 3 is 2.71 bits per heavy atom. The third kappa shape index (κ3) is 2.54. The van der Waals surface area contributed by atoms with Gasteiger partial charge in [0.15, 0.2) is 0 Å². The summed E-state index contributed by atoms with van der Waals surface area (Å²) in [5.74, 6) is -0.231. The summed E-state index contributed by atoms with van der Waals surface area (Å²) in [5.41, 5.74) is 2.60. The monoisotopic (exact) mass is 364 g/mol. The van der Waals surface area contributed by atoms with Crippen molar-refractivity contribution in [1.82, 2.24) is 9.55 Å². The molecule has 0 unspecified atom stereocenters. The van der Waals surface area contributed by atoms with Crippen LogP contribution in [-0.2, 0) is 7.05 Å². The summed E-state index contributed by atoms with van der Waals surface area (Å²) in [7, 11) is 1.89. The third-order valence-electron chi connectivity index (χ3n) is 3.25. The molecule has 106 valence electrons. The molecule has 0 saturated carbocycles. The minimum Gasteiger partial charge on any atom is -0.478 e. The van der Waals surface area contributed by atoms with Crippen molar-refractivity contribution in [1.29, 1.82) is 0 Å². The second-order valence-corrected chi connectivity index (χ2v) is 6.01. The zero-order valence-corrected chi connectivity index (χ0v) is 13.3. The number of aryl methyl sites for hydroxylation is 1. The van der Waals surface area contributed by atoms with E-state index in [1.807, 2.05) is 23.7 Å². The van der Waals surface area contributed by atoms with Crippen LogP contribution < -0.4 is 0 Å². The third-order valence-corrected chi connectivity index (χ3v) is 3.92. The Morgan fingerprint density at radius 1 is 1.29 bits per heavy atom. The van der Waals surface area contributed by atoms with E-state index in [9.17, 15) is 4.79 Å². The molecule has 1 heterocycles. The van der Waals surface area contributed by atoms with E-state index in [1.54, 1.807) is 24.3 Å². The minimum atomic E-state index is -0.963. The number of rotatable bonds is 2. The number of halogens is 2. The van der Waals surface area contributed by atoms with Crippen LogP contribution in [0.2, 0.25) is 5.02 Å². The van der Waals surface area contributed by atoms with E-state index in [4.69, 9.17) is 16.7 Å². The Labute approximate surface area is 134 Å². The fraction of sp³-hybridized carbons (Fsp3) is 0.0667. The van der Waals surface area contributed by atoms with E-state index in [-0.39, 0.29) is 5.56 Å². The number of imidazole rings is 1. The number of benzene rings is 2. The number of hydrogen-bond acceptors (Lipinski definition) is 2. The Bertz CT molecular complexity index is 853. The number of nitrogens with zero attached hydrogens (tertiary/aromatic N) is 2. The van der Waals surface area contributed by atoms with Gasteiger partial charge in [0.1, 0.15) is 5.82 Å². The maximum absolute atomic E-state index is 11.0. The van der Waals surface area contributed by atoms with Gasteiger partial charge in [0.25, 0.3) is 0 Å². The normalized spacial score (nSPS) is 11.0. The molecule has 0 saturated heterocycles. The molecule has 0 spiro atoms. The molecule has 0 radical (unpaired) electrons. The zero-order chi connectivity index (χ0) is 15.1. The number of carbonyl (C=O) groups is 1. The van der Waals surface area contributed by atoms with Crippen LogP contribution in [-0.4, -0.2) is 20.6 Å². The van der Waals surface area contributed by atoms with E-state index < -0.39 is 5.97 Å². The fourth-order valence-corrected chi connectivity index (χ4v) is 3.13. The summed E-state index contributed by atoms with van der Waals surface area (Å²) >= 11 is 9.48. The maximum atomic E-state index is 11.0. The summed E-state index contributed by atoms with van der Waals surface area (Å²) in [6.07, 6.45) is 0. The molecule has 0 atom stereocenters. The van der Waals surface area contributed by atoms with Crippen LogP contribution in [0, 0.1) is 0 Å². The van der Waals surface area contributed by atoms with Crippen molar-refractivity contribution in [2.75, 3.05) is 0 Å². The van der Waals surface area contributed by atoms with Gasteiger partial charge in [-0.2, -0.15) is 0 Å². The van der Waals surface area contributed by atoms with E-state index in [1.165, 1.54) is 0 Å². The number of aromatic nitrogens is 2. The van der Waals surface area contributed by atoms with Gasteiger partial charge in [-0.05, 0) is 36.4 Å². The van der Waals surface area contributed by atoms with Crippen LogP contribution in [0.25, 0.3) is 22.4 Å². The predicted molar refractivity (Wildman–Crippen MR) is 85.8 cm³/mol. The molecule has 0 aliphatic carbocycles. The number of aromatic carboxylic acids is 1. The van der Waals surface area contributed by atoms with Gasteiger partial charge in [-0.25, -0.2) is 9.78 Å². The van der Waals surface area contributed by atoms with Crippen molar-refractivity contribution in [3.05, 3.63) is 51.5 Å². The van der Waals surface area contributed by atoms with Gasteiger partial charge in [-0.3, -0.25) is 0 Å². The molecule has 21 heavy (non-hydrogen) atoms. The first-order valence-corrected chi connectivity index (χ1v) is 7.29. The first-order valence-electron chi connectivity index (χ1n) is 6.12. The van der Waals surface area contributed by atoms with Gasteiger partial charge >= 0.3 is 5.97 Å². The fourth-order valence-electron chi connectivity index (χ4n) is 2.27. The Morgan fingerprint density at radius 2 is 2.05 bits per heavy atom. The van der Waals surface area contributed by atoms with Crippen molar-refractivity contribution in [2.45, 2.75) is 0 Å². The molecule has 0 aliphatic heterocycles. The first kappa shape index (κ1) is 14.1. The number of carboxylic acid groups (broad SMARTS) is 1. The van der Waals surface area contributed by atoms with E-state index in [2.05, 4.69) is 20.9 Å². The van der Waals surface area contributed by atoms with Crippen molar-refractivity contribution in [3.8, 4) is 11.4 Å².